The average molecular weight is 446 g/mol. The largest absolute Gasteiger partial charge is 0.489 e. The Morgan fingerprint density at radius 2 is 1.83 bits per heavy atom. The molecule has 1 fully saturated rings. The molecule has 0 radical (unpaired) electrons. The van der Waals surface area contributed by atoms with E-state index < -0.39 is 15.6 Å². The zero-order valence-corrected chi connectivity index (χ0v) is 17.8. The number of hydrogen-bond acceptors (Lipinski definition) is 5. The highest BCUT2D eigenvalue weighted by molar-refractivity contribution is 7.89. The minimum Gasteiger partial charge on any atom is -0.489 e. The van der Waals surface area contributed by atoms with E-state index >= 15 is 0 Å². The summed E-state index contributed by atoms with van der Waals surface area (Å²) in [5.74, 6) is 0.832. The fourth-order valence-electron chi connectivity index (χ4n) is 3.48. The molecule has 0 amide bonds. The molecule has 1 atom stereocenters. The molecule has 1 aliphatic rings. The van der Waals surface area contributed by atoms with Crippen LogP contribution in [0.3, 0.4) is 0 Å². The first-order chi connectivity index (χ1) is 14.3. The maximum absolute atomic E-state index is 13.0. The first kappa shape index (κ1) is 20.7. The summed E-state index contributed by atoms with van der Waals surface area (Å²) in [7, 11) is -3.64. The Morgan fingerprint density at radius 1 is 1.07 bits per heavy atom. The minimum absolute atomic E-state index is 0.220. The zero-order valence-electron chi connectivity index (χ0n) is 16.2. The summed E-state index contributed by atoms with van der Waals surface area (Å²) in [5, 5.41) is 0.624. The number of aryl methyl sites for hydroxylation is 1. The van der Waals surface area contributed by atoms with Crippen LogP contribution in [0.15, 0.2) is 74.8 Å². The van der Waals surface area contributed by atoms with E-state index in [1.165, 1.54) is 10.4 Å². The zero-order chi connectivity index (χ0) is 21.3. The van der Waals surface area contributed by atoms with Crippen LogP contribution in [0.4, 0.5) is 0 Å². The van der Waals surface area contributed by atoms with E-state index in [4.69, 9.17) is 20.8 Å². The minimum atomic E-state index is -3.64. The highest BCUT2D eigenvalue weighted by Gasteiger charge is 2.33. The van der Waals surface area contributed by atoms with Crippen LogP contribution in [0.2, 0.25) is 5.02 Å². The summed E-state index contributed by atoms with van der Waals surface area (Å²) in [5.41, 5.74) is 1.31. The third-order valence-corrected chi connectivity index (χ3v) is 7.04. The Hall–Kier alpha value is -2.61. The van der Waals surface area contributed by atoms with Crippen molar-refractivity contribution in [2.75, 3.05) is 13.1 Å². The number of benzene rings is 2. The molecule has 0 bridgehead atoms. The van der Waals surface area contributed by atoms with Crippen molar-refractivity contribution >= 4 is 21.6 Å². The van der Waals surface area contributed by atoms with Gasteiger partial charge in [0.2, 0.25) is 10.0 Å². The van der Waals surface area contributed by atoms with E-state index in [2.05, 4.69) is 0 Å². The number of sulfonamides is 1. The third kappa shape index (κ3) is 4.43. The molecule has 1 unspecified atom stereocenters. The Bertz CT molecular complexity index is 1220. The van der Waals surface area contributed by atoms with Gasteiger partial charge in [-0.05, 0) is 48.7 Å². The third-order valence-electron chi connectivity index (χ3n) is 4.93. The summed E-state index contributed by atoms with van der Waals surface area (Å²) >= 11 is 6.04. The lowest BCUT2D eigenvalue weighted by molar-refractivity contribution is 0.213. The van der Waals surface area contributed by atoms with E-state index in [0.717, 1.165) is 11.1 Å². The lowest BCUT2D eigenvalue weighted by atomic mass is 10.1. The lowest BCUT2D eigenvalue weighted by Crippen LogP contribution is -2.31. The van der Waals surface area contributed by atoms with Crippen molar-refractivity contribution in [3.8, 4) is 16.9 Å². The second kappa shape index (κ2) is 8.26. The van der Waals surface area contributed by atoms with Crippen LogP contribution in [-0.2, 0) is 10.0 Å². The maximum Gasteiger partial charge on any atom is 0.339 e. The van der Waals surface area contributed by atoms with Crippen LogP contribution in [0, 0.1) is 6.92 Å². The highest BCUT2D eigenvalue weighted by Crippen LogP contribution is 2.27. The SMILES string of the molecule is Cc1cc(OC2CCN(S(=O)(=O)c3ccc(-c4cccc(Cl)c4)cc3)C2)cc(=O)o1. The average Bonchev–Trinajstić information content (AvgIpc) is 3.16. The summed E-state index contributed by atoms with van der Waals surface area (Å²) < 4.78 is 38.2. The predicted molar refractivity (Wildman–Crippen MR) is 114 cm³/mol. The molecule has 0 N–H and O–H groups in total. The summed E-state index contributed by atoms with van der Waals surface area (Å²) in [6.07, 6.45) is 0.214. The highest BCUT2D eigenvalue weighted by atomic mass is 35.5. The Kier molecular flexibility index (Phi) is 5.69. The monoisotopic (exact) mass is 445 g/mol. The standard InChI is InChI=1S/C22H20ClNO5S/c1-15-11-20(13-22(25)28-15)29-19-9-10-24(14-19)30(26,27)21-7-5-16(6-8-21)17-3-2-4-18(23)12-17/h2-8,11-13,19H,9-10,14H2,1H3. The molecular weight excluding hydrogens is 426 g/mol. The smallest absolute Gasteiger partial charge is 0.339 e. The van der Waals surface area contributed by atoms with Crippen molar-refractivity contribution < 1.29 is 17.6 Å². The van der Waals surface area contributed by atoms with Gasteiger partial charge >= 0.3 is 5.63 Å². The molecule has 1 saturated heterocycles. The van der Waals surface area contributed by atoms with Gasteiger partial charge in [-0.3, -0.25) is 0 Å². The number of hydrogen-bond donors (Lipinski definition) is 0. The Balaban J connectivity index is 1.48. The van der Waals surface area contributed by atoms with Crippen molar-refractivity contribution in [3.05, 3.63) is 81.9 Å². The topological polar surface area (TPSA) is 76.8 Å². The molecule has 156 valence electrons. The predicted octanol–water partition coefficient (Wildman–Crippen LogP) is 4.11. The van der Waals surface area contributed by atoms with Gasteiger partial charge in [-0.2, -0.15) is 4.31 Å². The van der Waals surface area contributed by atoms with E-state index in [-0.39, 0.29) is 17.5 Å². The van der Waals surface area contributed by atoms with Crippen LogP contribution in [0.1, 0.15) is 12.2 Å². The van der Waals surface area contributed by atoms with E-state index in [1.807, 2.05) is 18.2 Å². The Morgan fingerprint density at radius 3 is 2.53 bits per heavy atom. The van der Waals surface area contributed by atoms with Gasteiger partial charge < -0.3 is 9.15 Å². The molecule has 4 rings (SSSR count). The molecule has 1 aromatic heterocycles. The molecule has 3 aromatic rings. The molecule has 0 spiro atoms. The molecular formula is C22H20ClNO5S. The van der Waals surface area contributed by atoms with Gasteiger partial charge in [0.15, 0.2) is 0 Å². The van der Waals surface area contributed by atoms with Crippen molar-refractivity contribution in [2.45, 2.75) is 24.3 Å². The fourth-order valence-corrected chi connectivity index (χ4v) is 5.16. The Labute approximate surface area is 179 Å². The molecule has 6 nitrogen and oxygen atoms in total. The van der Waals surface area contributed by atoms with E-state index in [1.54, 1.807) is 43.3 Å². The summed E-state index contributed by atoms with van der Waals surface area (Å²) in [4.78, 5) is 11.7. The van der Waals surface area contributed by atoms with Gasteiger partial charge in [-0.25, -0.2) is 13.2 Å². The quantitative estimate of drug-likeness (QED) is 0.590. The van der Waals surface area contributed by atoms with Gasteiger partial charge in [-0.15, -0.1) is 0 Å². The van der Waals surface area contributed by atoms with Crippen molar-refractivity contribution in [1.82, 2.24) is 4.31 Å². The fraction of sp³-hybridized carbons (Fsp3) is 0.227. The molecule has 1 aliphatic heterocycles. The van der Waals surface area contributed by atoms with Crippen LogP contribution in [-0.4, -0.2) is 31.9 Å². The first-order valence-electron chi connectivity index (χ1n) is 9.46. The molecule has 30 heavy (non-hydrogen) atoms. The van der Waals surface area contributed by atoms with Crippen LogP contribution in [0.5, 0.6) is 5.75 Å². The van der Waals surface area contributed by atoms with Gasteiger partial charge in [0.25, 0.3) is 0 Å². The molecule has 8 heteroatoms. The number of nitrogens with zero attached hydrogens (tertiary/aromatic N) is 1. The number of rotatable bonds is 5. The van der Waals surface area contributed by atoms with Crippen LogP contribution < -0.4 is 10.4 Å². The van der Waals surface area contributed by atoms with Crippen molar-refractivity contribution in [3.63, 3.8) is 0 Å². The second-order valence-electron chi connectivity index (χ2n) is 7.15. The summed E-state index contributed by atoms with van der Waals surface area (Å²) in [6.45, 7) is 2.23. The van der Waals surface area contributed by atoms with Gasteiger partial charge in [0.05, 0.1) is 17.5 Å². The summed E-state index contributed by atoms with van der Waals surface area (Å²) in [6, 6.07) is 17.0. The van der Waals surface area contributed by atoms with E-state index in [9.17, 15) is 13.2 Å². The maximum atomic E-state index is 13.0. The molecule has 0 saturated carbocycles. The first-order valence-corrected chi connectivity index (χ1v) is 11.3. The van der Waals surface area contributed by atoms with Crippen molar-refractivity contribution in [1.29, 1.82) is 0 Å². The van der Waals surface area contributed by atoms with Crippen molar-refractivity contribution in [2.24, 2.45) is 0 Å². The number of halogens is 1. The van der Waals surface area contributed by atoms with Crippen LogP contribution in [0.25, 0.3) is 11.1 Å². The van der Waals surface area contributed by atoms with E-state index in [0.29, 0.717) is 29.5 Å². The molecule has 0 aliphatic carbocycles. The van der Waals surface area contributed by atoms with Gasteiger partial charge in [0, 0.05) is 17.6 Å². The van der Waals surface area contributed by atoms with Gasteiger partial charge in [0.1, 0.15) is 17.6 Å². The normalized spacial score (nSPS) is 17.2. The second-order valence-corrected chi connectivity index (χ2v) is 9.52. The van der Waals surface area contributed by atoms with Crippen LogP contribution >= 0.6 is 11.6 Å². The van der Waals surface area contributed by atoms with Gasteiger partial charge in [-0.1, -0.05) is 35.9 Å². The lowest BCUT2D eigenvalue weighted by Gasteiger charge is -2.17. The number of ether oxygens (including phenoxy) is 1. The molecule has 2 heterocycles. The molecule has 2 aromatic carbocycles.